The summed E-state index contributed by atoms with van der Waals surface area (Å²) in [5.41, 5.74) is 1.88. The molecule has 1 aromatic heterocycles. The third-order valence-electron chi connectivity index (χ3n) is 3.39. The van der Waals surface area contributed by atoms with Crippen LogP contribution in [0.5, 0.6) is 5.75 Å². The van der Waals surface area contributed by atoms with E-state index in [2.05, 4.69) is 25.9 Å². The lowest BCUT2D eigenvalue weighted by atomic mass is 10.2. The lowest BCUT2D eigenvalue weighted by molar-refractivity contribution is -0.123. The number of benzene rings is 1. The Kier molecular flexibility index (Phi) is 7.00. The van der Waals surface area contributed by atoms with Gasteiger partial charge in [-0.05, 0) is 32.4 Å². The lowest BCUT2D eigenvalue weighted by Crippen LogP contribution is -2.33. The van der Waals surface area contributed by atoms with Gasteiger partial charge in [-0.25, -0.2) is 4.98 Å². The highest BCUT2D eigenvalue weighted by Crippen LogP contribution is 2.15. The summed E-state index contributed by atoms with van der Waals surface area (Å²) in [6.45, 7) is 7.66. The first-order chi connectivity index (χ1) is 12.1. The maximum Gasteiger partial charge on any atom is 0.258 e. The summed E-state index contributed by atoms with van der Waals surface area (Å²) < 4.78 is 5.51. The van der Waals surface area contributed by atoms with Gasteiger partial charge in [0.2, 0.25) is 5.95 Å². The molecule has 7 nitrogen and oxygen atoms in total. The molecule has 0 radical (unpaired) electrons. The Balaban J connectivity index is 1.70. The highest BCUT2D eigenvalue weighted by atomic mass is 16.5. The number of ether oxygens (including phenoxy) is 1. The molecule has 1 heterocycles. The van der Waals surface area contributed by atoms with E-state index in [-0.39, 0.29) is 12.5 Å². The normalized spacial score (nSPS) is 10.2. The van der Waals surface area contributed by atoms with Crippen LogP contribution < -0.4 is 20.7 Å². The summed E-state index contributed by atoms with van der Waals surface area (Å²) in [7, 11) is 0. The predicted octanol–water partition coefficient (Wildman–Crippen LogP) is 2.13. The van der Waals surface area contributed by atoms with Gasteiger partial charge in [0.15, 0.2) is 6.61 Å². The number of carbonyl (C=O) groups is 1. The number of carbonyl (C=O) groups excluding carboxylic acids is 1. The molecule has 0 saturated carbocycles. The lowest BCUT2D eigenvalue weighted by Gasteiger charge is -2.11. The zero-order chi connectivity index (χ0) is 18.1. The van der Waals surface area contributed by atoms with Gasteiger partial charge in [-0.1, -0.05) is 18.2 Å². The van der Waals surface area contributed by atoms with Crippen LogP contribution in [-0.4, -0.2) is 42.1 Å². The molecule has 0 unspecified atom stereocenters. The molecule has 2 aromatic rings. The molecule has 0 aliphatic carbocycles. The maximum absolute atomic E-state index is 11.8. The Bertz CT molecular complexity index is 706. The van der Waals surface area contributed by atoms with Crippen molar-refractivity contribution >= 4 is 17.7 Å². The van der Waals surface area contributed by atoms with Crippen molar-refractivity contribution in [3.05, 3.63) is 41.6 Å². The fourth-order valence-electron chi connectivity index (χ4n) is 2.21. The van der Waals surface area contributed by atoms with Gasteiger partial charge in [0, 0.05) is 31.4 Å². The van der Waals surface area contributed by atoms with Crippen LogP contribution >= 0.6 is 0 Å². The molecule has 7 heteroatoms. The minimum absolute atomic E-state index is 0.00360. The van der Waals surface area contributed by atoms with E-state index in [0.29, 0.717) is 19.0 Å². The number of nitrogens with one attached hydrogen (secondary N) is 3. The largest absolute Gasteiger partial charge is 0.484 e. The second-order valence-electron chi connectivity index (χ2n) is 5.58. The average molecular weight is 343 g/mol. The van der Waals surface area contributed by atoms with E-state index in [4.69, 9.17) is 4.74 Å². The number of anilines is 2. The van der Waals surface area contributed by atoms with Gasteiger partial charge in [0.05, 0.1) is 0 Å². The zero-order valence-electron chi connectivity index (χ0n) is 14.9. The van der Waals surface area contributed by atoms with E-state index >= 15 is 0 Å². The molecule has 0 bridgehead atoms. The van der Waals surface area contributed by atoms with Crippen molar-refractivity contribution in [2.45, 2.75) is 20.8 Å². The van der Waals surface area contributed by atoms with Gasteiger partial charge in [0.1, 0.15) is 11.6 Å². The average Bonchev–Trinajstić information content (AvgIpc) is 2.58. The second kappa shape index (κ2) is 9.46. The van der Waals surface area contributed by atoms with E-state index in [1.165, 1.54) is 0 Å². The smallest absolute Gasteiger partial charge is 0.258 e. The van der Waals surface area contributed by atoms with Crippen molar-refractivity contribution in [2.75, 3.05) is 36.9 Å². The van der Waals surface area contributed by atoms with Gasteiger partial charge >= 0.3 is 0 Å². The summed E-state index contributed by atoms with van der Waals surface area (Å²) in [6, 6.07) is 9.50. The minimum atomic E-state index is -0.163. The number of amides is 1. The number of aryl methyl sites for hydroxylation is 2. The van der Waals surface area contributed by atoms with Crippen molar-refractivity contribution in [1.29, 1.82) is 0 Å². The highest BCUT2D eigenvalue weighted by Gasteiger charge is 2.05. The number of hydrogen-bond acceptors (Lipinski definition) is 6. The quantitative estimate of drug-likeness (QED) is 0.605. The molecule has 0 atom stereocenters. The minimum Gasteiger partial charge on any atom is -0.484 e. The topological polar surface area (TPSA) is 88.2 Å². The summed E-state index contributed by atoms with van der Waals surface area (Å²) in [4.78, 5) is 20.5. The fourth-order valence-corrected chi connectivity index (χ4v) is 2.21. The Labute approximate surface area is 148 Å². The highest BCUT2D eigenvalue weighted by molar-refractivity contribution is 5.77. The molecule has 0 fully saturated rings. The zero-order valence-corrected chi connectivity index (χ0v) is 14.9. The van der Waals surface area contributed by atoms with Crippen LogP contribution in [-0.2, 0) is 4.79 Å². The summed E-state index contributed by atoms with van der Waals surface area (Å²) in [6.07, 6.45) is 0. The van der Waals surface area contributed by atoms with Crippen LogP contribution in [0, 0.1) is 13.8 Å². The van der Waals surface area contributed by atoms with Crippen LogP contribution in [0.2, 0.25) is 0 Å². The Morgan fingerprint density at radius 2 is 1.92 bits per heavy atom. The first-order valence-electron chi connectivity index (χ1n) is 8.37. The van der Waals surface area contributed by atoms with Gasteiger partial charge in [-0.2, -0.15) is 4.98 Å². The van der Waals surface area contributed by atoms with Crippen LogP contribution in [0.25, 0.3) is 0 Å². The van der Waals surface area contributed by atoms with Crippen molar-refractivity contribution in [1.82, 2.24) is 15.3 Å². The summed E-state index contributed by atoms with van der Waals surface area (Å²) in [5.74, 6) is 1.89. The van der Waals surface area contributed by atoms with Gasteiger partial charge in [-0.3, -0.25) is 4.79 Å². The molecular formula is C18H25N5O2. The van der Waals surface area contributed by atoms with Crippen LogP contribution in [0.1, 0.15) is 18.2 Å². The van der Waals surface area contributed by atoms with E-state index in [1.807, 2.05) is 51.1 Å². The Morgan fingerprint density at radius 1 is 1.12 bits per heavy atom. The molecule has 2 rings (SSSR count). The van der Waals surface area contributed by atoms with Crippen LogP contribution in [0.15, 0.2) is 30.3 Å². The van der Waals surface area contributed by atoms with Crippen molar-refractivity contribution in [3.63, 3.8) is 0 Å². The van der Waals surface area contributed by atoms with Crippen molar-refractivity contribution in [3.8, 4) is 5.75 Å². The predicted molar refractivity (Wildman–Crippen MR) is 99.1 cm³/mol. The SMILES string of the molecule is CCNc1cc(C)nc(NCCNC(=O)COc2ccccc2C)n1. The van der Waals surface area contributed by atoms with Gasteiger partial charge in [0.25, 0.3) is 5.91 Å². The molecule has 0 spiro atoms. The molecule has 0 aliphatic heterocycles. The second-order valence-corrected chi connectivity index (χ2v) is 5.58. The van der Waals surface area contributed by atoms with E-state index in [0.717, 1.165) is 29.4 Å². The van der Waals surface area contributed by atoms with Gasteiger partial charge in [-0.15, -0.1) is 0 Å². The van der Waals surface area contributed by atoms with Crippen LogP contribution in [0.4, 0.5) is 11.8 Å². The summed E-state index contributed by atoms with van der Waals surface area (Å²) in [5, 5.41) is 9.06. The standard InChI is InChI=1S/C18H25N5O2/c1-4-19-16-11-14(3)22-18(23-16)21-10-9-20-17(24)12-25-15-8-6-5-7-13(15)2/h5-8,11H,4,9-10,12H2,1-3H3,(H,20,24)(H2,19,21,22,23). The first-order valence-corrected chi connectivity index (χ1v) is 8.37. The number of hydrogen-bond donors (Lipinski definition) is 3. The maximum atomic E-state index is 11.8. The van der Waals surface area contributed by atoms with Crippen molar-refractivity contribution < 1.29 is 9.53 Å². The third kappa shape index (κ3) is 6.29. The Morgan fingerprint density at radius 3 is 2.68 bits per heavy atom. The third-order valence-corrected chi connectivity index (χ3v) is 3.39. The number of rotatable bonds is 9. The molecule has 0 aliphatic rings. The first kappa shape index (κ1) is 18.5. The molecular weight excluding hydrogens is 318 g/mol. The number of aromatic nitrogens is 2. The van der Waals surface area contributed by atoms with Crippen LogP contribution in [0.3, 0.4) is 0 Å². The van der Waals surface area contributed by atoms with E-state index in [1.54, 1.807) is 0 Å². The molecule has 1 amide bonds. The fraction of sp³-hybridized carbons (Fsp3) is 0.389. The van der Waals surface area contributed by atoms with Gasteiger partial charge < -0.3 is 20.7 Å². The molecule has 25 heavy (non-hydrogen) atoms. The van der Waals surface area contributed by atoms with E-state index < -0.39 is 0 Å². The summed E-state index contributed by atoms with van der Waals surface area (Å²) >= 11 is 0. The molecule has 0 saturated heterocycles. The van der Waals surface area contributed by atoms with Crippen molar-refractivity contribution in [2.24, 2.45) is 0 Å². The molecule has 1 aromatic carbocycles. The number of nitrogens with zero attached hydrogens (tertiary/aromatic N) is 2. The molecule has 3 N–H and O–H groups in total. The van der Waals surface area contributed by atoms with E-state index in [9.17, 15) is 4.79 Å². The Hall–Kier alpha value is -2.83. The number of para-hydroxylation sites is 1. The monoisotopic (exact) mass is 343 g/mol. The molecule has 134 valence electrons.